The van der Waals surface area contributed by atoms with Crippen molar-refractivity contribution in [2.45, 2.75) is 26.3 Å². The predicted molar refractivity (Wildman–Crippen MR) is 82.3 cm³/mol. The molecule has 3 heteroatoms. The highest BCUT2D eigenvalue weighted by molar-refractivity contribution is 5.94. The van der Waals surface area contributed by atoms with Crippen LogP contribution in [0.4, 0.5) is 0 Å². The van der Waals surface area contributed by atoms with Gasteiger partial charge in [-0.2, -0.15) is 0 Å². The Morgan fingerprint density at radius 2 is 1.80 bits per heavy atom. The summed E-state index contributed by atoms with van der Waals surface area (Å²) in [6.45, 7) is 3.03. The average Bonchev–Trinajstić information content (AvgIpc) is 2.48. The summed E-state index contributed by atoms with van der Waals surface area (Å²) < 4.78 is 2.18. The van der Waals surface area contributed by atoms with Crippen LogP contribution in [-0.4, -0.2) is 9.67 Å². The molecular formula is C17H17NO2. The van der Waals surface area contributed by atoms with Gasteiger partial charge in [0.15, 0.2) is 5.43 Å². The molecule has 0 fully saturated rings. The number of unbranched alkanes of at least 4 members (excludes halogenated alkanes) is 1. The third-order valence-corrected chi connectivity index (χ3v) is 3.69. The monoisotopic (exact) mass is 267 g/mol. The standard InChI is InChI=1S/C17H17NO2/c1-2-3-10-18-15-7-5-4-6-13(15)17(20)14-11-12(19)8-9-16(14)18/h4-9,11,19H,2-3,10H2,1H3. The van der Waals surface area contributed by atoms with E-state index in [4.69, 9.17) is 0 Å². The molecule has 2 aromatic carbocycles. The molecule has 0 unspecified atom stereocenters. The summed E-state index contributed by atoms with van der Waals surface area (Å²) in [5.41, 5.74) is 1.84. The molecule has 0 amide bonds. The molecule has 0 spiro atoms. The van der Waals surface area contributed by atoms with Crippen LogP contribution in [0.15, 0.2) is 47.3 Å². The minimum Gasteiger partial charge on any atom is -0.508 e. The van der Waals surface area contributed by atoms with Crippen molar-refractivity contribution in [3.05, 3.63) is 52.7 Å². The summed E-state index contributed by atoms with van der Waals surface area (Å²) in [5.74, 6) is 0.131. The van der Waals surface area contributed by atoms with Crippen LogP contribution < -0.4 is 5.43 Å². The number of aromatic hydroxyl groups is 1. The summed E-state index contributed by atoms with van der Waals surface area (Å²) in [5, 5.41) is 10.9. The third kappa shape index (κ3) is 1.95. The summed E-state index contributed by atoms with van der Waals surface area (Å²) in [7, 11) is 0. The van der Waals surface area contributed by atoms with Crippen molar-refractivity contribution in [1.82, 2.24) is 4.57 Å². The number of nitrogens with zero attached hydrogens (tertiary/aromatic N) is 1. The van der Waals surface area contributed by atoms with Gasteiger partial charge in [0, 0.05) is 17.3 Å². The molecule has 0 aliphatic rings. The number of rotatable bonds is 3. The van der Waals surface area contributed by atoms with Crippen molar-refractivity contribution in [2.24, 2.45) is 0 Å². The van der Waals surface area contributed by atoms with Gasteiger partial charge in [-0.05, 0) is 36.8 Å². The van der Waals surface area contributed by atoms with Gasteiger partial charge < -0.3 is 9.67 Å². The van der Waals surface area contributed by atoms with Gasteiger partial charge in [-0.25, -0.2) is 0 Å². The van der Waals surface area contributed by atoms with Crippen LogP contribution in [0.2, 0.25) is 0 Å². The van der Waals surface area contributed by atoms with Crippen LogP contribution in [0.3, 0.4) is 0 Å². The molecule has 20 heavy (non-hydrogen) atoms. The lowest BCUT2D eigenvalue weighted by atomic mass is 10.1. The number of para-hydroxylation sites is 1. The first kappa shape index (κ1) is 12.7. The zero-order chi connectivity index (χ0) is 14.1. The molecule has 0 atom stereocenters. The lowest BCUT2D eigenvalue weighted by Crippen LogP contribution is -2.11. The van der Waals surface area contributed by atoms with E-state index >= 15 is 0 Å². The van der Waals surface area contributed by atoms with Crippen LogP contribution in [0.25, 0.3) is 21.8 Å². The second kappa shape index (κ2) is 5.00. The van der Waals surface area contributed by atoms with Crippen molar-refractivity contribution in [2.75, 3.05) is 0 Å². The Bertz CT molecular complexity index is 833. The third-order valence-electron chi connectivity index (χ3n) is 3.69. The van der Waals surface area contributed by atoms with E-state index in [2.05, 4.69) is 11.5 Å². The molecule has 3 nitrogen and oxygen atoms in total. The zero-order valence-corrected chi connectivity index (χ0v) is 11.5. The molecule has 0 saturated heterocycles. The maximum absolute atomic E-state index is 12.5. The van der Waals surface area contributed by atoms with E-state index in [0.29, 0.717) is 10.8 Å². The van der Waals surface area contributed by atoms with Crippen molar-refractivity contribution < 1.29 is 5.11 Å². The second-order valence-electron chi connectivity index (χ2n) is 5.05. The highest BCUT2D eigenvalue weighted by Gasteiger charge is 2.10. The molecule has 1 aromatic heterocycles. The molecule has 0 aliphatic heterocycles. The molecule has 3 aromatic rings. The van der Waals surface area contributed by atoms with Crippen LogP contribution in [0.5, 0.6) is 5.75 Å². The second-order valence-corrected chi connectivity index (χ2v) is 5.05. The van der Waals surface area contributed by atoms with E-state index in [1.807, 2.05) is 30.3 Å². The fourth-order valence-electron chi connectivity index (χ4n) is 2.67. The number of aryl methyl sites for hydroxylation is 1. The maximum atomic E-state index is 12.5. The number of phenolic OH excluding ortho intramolecular Hbond substituents is 1. The van der Waals surface area contributed by atoms with Gasteiger partial charge in [0.2, 0.25) is 0 Å². The Kier molecular flexibility index (Phi) is 3.18. The summed E-state index contributed by atoms with van der Waals surface area (Å²) >= 11 is 0. The van der Waals surface area contributed by atoms with Crippen molar-refractivity contribution >= 4 is 21.8 Å². The van der Waals surface area contributed by atoms with Crippen LogP contribution in [0.1, 0.15) is 19.8 Å². The first-order valence-corrected chi connectivity index (χ1v) is 6.96. The highest BCUT2D eigenvalue weighted by Crippen LogP contribution is 2.23. The predicted octanol–water partition coefficient (Wildman–Crippen LogP) is 3.66. The minimum absolute atomic E-state index is 0.0146. The first-order valence-electron chi connectivity index (χ1n) is 6.96. The molecule has 0 bridgehead atoms. The molecule has 0 aliphatic carbocycles. The molecule has 1 N–H and O–H groups in total. The van der Waals surface area contributed by atoms with Gasteiger partial charge in [-0.3, -0.25) is 4.79 Å². The van der Waals surface area contributed by atoms with E-state index in [1.165, 1.54) is 0 Å². The van der Waals surface area contributed by atoms with E-state index in [-0.39, 0.29) is 11.2 Å². The van der Waals surface area contributed by atoms with Gasteiger partial charge in [-0.15, -0.1) is 0 Å². The van der Waals surface area contributed by atoms with Gasteiger partial charge in [0.1, 0.15) is 5.75 Å². The average molecular weight is 267 g/mol. The van der Waals surface area contributed by atoms with Gasteiger partial charge in [0.25, 0.3) is 0 Å². The molecule has 1 heterocycles. The van der Waals surface area contributed by atoms with Crippen LogP contribution >= 0.6 is 0 Å². The Labute approximate surface area is 117 Å². The van der Waals surface area contributed by atoms with E-state index < -0.39 is 0 Å². The fourth-order valence-corrected chi connectivity index (χ4v) is 2.67. The van der Waals surface area contributed by atoms with E-state index in [0.717, 1.165) is 30.4 Å². The molecule has 0 saturated carbocycles. The number of benzene rings is 2. The van der Waals surface area contributed by atoms with Crippen LogP contribution in [0, 0.1) is 0 Å². The largest absolute Gasteiger partial charge is 0.508 e. The van der Waals surface area contributed by atoms with Gasteiger partial charge in [-0.1, -0.05) is 25.5 Å². The van der Waals surface area contributed by atoms with E-state index in [1.54, 1.807) is 12.1 Å². The summed E-state index contributed by atoms with van der Waals surface area (Å²) in [6.07, 6.45) is 2.16. The van der Waals surface area contributed by atoms with Gasteiger partial charge >= 0.3 is 0 Å². The maximum Gasteiger partial charge on any atom is 0.197 e. The zero-order valence-electron chi connectivity index (χ0n) is 11.5. The number of phenols is 1. The summed E-state index contributed by atoms with van der Waals surface area (Å²) in [6, 6.07) is 12.7. The van der Waals surface area contributed by atoms with Gasteiger partial charge in [0.05, 0.1) is 11.0 Å². The fraction of sp³-hybridized carbons (Fsp3) is 0.235. The lowest BCUT2D eigenvalue weighted by molar-refractivity contribution is 0.476. The normalized spacial score (nSPS) is 11.2. The highest BCUT2D eigenvalue weighted by atomic mass is 16.3. The van der Waals surface area contributed by atoms with Crippen molar-refractivity contribution in [3.63, 3.8) is 0 Å². The minimum atomic E-state index is -0.0146. The number of pyridine rings is 1. The smallest absolute Gasteiger partial charge is 0.197 e. The van der Waals surface area contributed by atoms with Crippen molar-refractivity contribution in [3.8, 4) is 5.75 Å². The Hall–Kier alpha value is -2.29. The molecule has 3 rings (SSSR count). The number of hydrogen-bond donors (Lipinski definition) is 1. The van der Waals surface area contributed by atoms with E-state index in [9.17, 15) is 9.90 Å². The number of hydrogen-bond acceptors (Lipinski definition) is 2. The lowest BCUT2D eigenvalue weighted by Gasteiger charge is -2.14. The Morgan fingerprint density at radius 1 is 1.05 bits per heavy atom. The number of aromatic nitrogens is 1. The Balaban J connectivity index is 2.46. The summed E-state index contributed by atoms with van der Waals surface area (Å²) in [4.78, 5) is 12.5. The molecule has 102 valence electrons. The molecular weight excluding hydrogens is 250 g/mol. The SMILES string of the molecule is CCCCn1c2ccccc2c(=O)c2cc(O)ccc21. The van der Waals surface area contributed by atoms with Crippen molar-refractivity contribution in [1.29, 1.82) is 0 Å². The first-order chi connectivity index (χ1) is 9.72. The number of fused-ring (bicyclic) bond motifs is 2. The quantitative estimate of drug-likeness (QED) is 0.736. The molecule has 0 radical (unpaired) electrons. The Morgan fingerprint density at radius 3 is 2.60 bits per heavy atom. The topological polar surface area (TPSA) is 42.2 Å². The van der Waals surface area contributed by atoms with Crippen LogP contribution in [-0.2, 0) is 6.54 Å².